The van der Waals surface area contributed by atoms with Crippen molar-refractivity contribution in [3.05, 3.63) is 51.1 Å². The fourth-order valence-electron chi connectivity index (χ4n) is 2.26. The average Bonchev–Trinajstić information content (AvgIpc) is 2.80. The van der Waals surface area contributed by atoms with E-state index in [1.165, 1.54) is 6.07 Å². The van der Waals surface area contributed by atoms with E-state index in [9.17, 15) is 9.18 Å². The molecule has 0 aliphatic heterocycles. The van der Waals surface area contributed by atoms with Gasteiger partial charge in [0.2, 0.25) is 5.89 Å². The van der Waals surface area contributed by atoms with E-state index >= 15 is 0 Å². The van der Waals surface area contributed by atoms with Gasteiger partial charge in [0.15, 0.2) is 0 Å². The van der Waals surface area contributed by atoms with Crippen molar-refractivity contribution in [1.29, 1.82) is 0 Å². The summed E-state index contributed by atoms with van der Waals surface area (Å²) in [7, 11) is 0. The molecule has 0 aliphatic rings. The van der Waals surface area contributed by atoms with E-state index in [4.69, 9.17) is 4.42 Å². The Bertz CT molecular complexity index is 645. The van der Waals surface area contributed by atoms with Gasteiger partial charge in [-0.1, -0.05) is 19.9 Å². The predicted octanol–water partition coefficient (Wildman–Crippen LogP) is 3.03. The Balaban J connectivity index is 2.42. The van der Waals surface area contributed by atoms with Crippen molar-refractivity contribution in [2.75, 3.05) is 0 Å². The SMILES string of the molecule is Cc1ccc(F)c([C@@H](C)[C@H](C)c2n[nH]c(=O)o2)c1C. The molecule has 1 aromatic heterocycles. The largest absolute Gasteiger partial charge is 0.434 e. The van der Waals surface area contributed by atoms with Crippen molar-refractivity contribution in [2.24, 2.45) is 0 Å². The molecule has 1 N–H and O–H groups in total. The maximum absolute atomic E-state index is 14.0. The van der Waals surface area contributed by atoms with E-state index < -0.39 is 5.76 Å². The van der Waals surface area contributed by atoms with Gasteiger partial charge in [-0.05, 0) is 42.5 Å². The molecule has 0 saturated heterocycles. The van der Waals surface area contributed by atoms with Crippen molar-refractivity contribution in [1.82, 2.24) is 10.2 Å². The first-order valence-corrected chi connectivity index (χ1v) is 6.22. The molecule has 0 unspecified atom stereocenters. The topological polar surface area (TPSA) is 58.9 Å². The van der Waals surface area contributed by atoms with Crippen LogP contribution in [-0.4, -0.2) is 10.2 Å². The molecule has 0 saturated carbocycles. The van der Waals surface area contributed by atoms with Gasteiger partial charge in [0.05, 0.1) is 0 Å². The minimum atomic E-state index is -0.588. The van der Waals surface area contributed by atoms with Crippen LogP contribution in [0.2, 0.25) is 0 Å². The summed E-state index contributed by atoms with van der Waals surface area (Å²) in [6.07, 6.45) is 0. The minimum absolute atomic E-state index is 0.133. The number of aromatic nitrogens is 2. The van der Waals surface area contributed by atoms with Gasteiger partial charge in [-0.3, -0.25) is 0 Å². The Morgan fingerprint density at radius 1 is 1.26 bits per heavy atom. The highest BCUT2D eigenvalue weighted by atomic mass is 19.1. The molecule has 4 nitrogen and oxygen atoms in total. The molecular formula is C14H17FN2O2. The third kappa shape index (κ3) is 2.45. The molecule has 1 heterocycles. The second kappa shape index (κ2) is 4.99. The number of hydrogen-bond acceptors (Lipinski definition) is 3. The Morgan fingerprint density at radius 3 is 2.53 bits per heavy atom. The van der Waals surface area contributed by atoms with Gasteiger partial charge in [0, 0.05) is 5.92 Å². The first-order valence-electron chi connectivity index (χ1n) is 6.22. The van der Waals surface area contributed by atoms with Gasteiger partial charge in [-0.2, -0.15) is 0 Å². The fraction of sp³-hybridized carbons (Fsp3) is 0.429. The van der Waals surface area contributed by atoms with Crippen LogP contribution in [0.3, 0.4) is 0 Å². The Kier molecular flexibility index (Phi) is 3.55. The molecule has 2 atom stereocenters. The van der Waals surface area contributed by atoms with E-state index in [1.807, 2.05) is 27.7 Å². The monoisotopic (exact) mass is 264 g/mol. The number of aromatic amines is 1. The normalized spacial score (nSPS) is 14.4. The molecule has 1 aromatic carbocycles. The van der Waals surface area contributed by atoms with Crippen LogP contribution in [-0.2, 0) is 0 Å². The van der Waals surface area contributed by atoms with Crippen LogP contribution in [0.5, 0.6) is 0 Å². The van der Waals surface area contributed by atoms with Gasteiger partial charge >= 0.3 is 5.76 Å². The lowest BCUT2D eigenvalue weighted by Crippen LogP contribution is -2.10. The molecule has 5 heteroatoms. The number of hydrogen-bond donors (Lipinski definition) is 1. The third-order valence-electron chi connectivity index (χ3n) is 3.78. The standard InChI is InChI=1S/C14H17FN2O2/c1-7-5-6-11(15)12(8(7)2)9(3)10(4)13-16-17-14(18)19-13/h5-6,9-10H,1-4H3,(H,17,18)/t9-,10-/m0/s1. The predicted molar refractivity (Wildman–Crippen MR) is 69.8 cm³/mol. The van der Waals surface area contributed by atoms with Gasteiger partial charge in [0.25, 0.3) is 0 Å². The molecule has 2 rings (SSSR count). The lowest BCUT2D eigenvalue weighted by atomic mass is 9.84. The highest BCUT2D eigenvalue weighted by molar-refractivity contribution is 5.37. The number of rotatable bonds is 3. The quantitative estimate of drug-likeness (QED) is 0.927. The van der Waals surface area contributed by atoms with E-state index in [0.29, 0.717) is 11.5 Å². The zero-order valence-electron chi connectivity index (χ0n) is 11.5. The second-order valence-corrected chi connectivity index (χ2v) is 4.93. The lowest BCUT2D eigenvalue weighted by molar-refractivity contribution is 0.405. The number of nitrogens with one attached hydrogen (secondary N) is 1. The van der Waals surface area contributed by atoms with Gasteiger partial charge in [0.1, 0.15) is 5.82 Å². The summed E-state index contributed by atoms with van der Waals surface area (Å²) in [5.41, 5.74) is 2.62. The highest BCUT2D eigenvalue weighted by Crippen LogP contribution is 2.35. The summed E-state index contributed by atoms with van der Waals surface area (Å²) in [5, 5.41) is 6.05. The molecule has 19 heavy (non-hydrogen) atoms. The number of benzene rings is 1. The molecule has 0 bridgehead atoms. The Hall–Kier alpha value is -1.91. The zero-order valence-corrected chi connectivity index (χ0v) is 11.5. The van der Waals surface area contributed by atoms with Crippen LogP contribution in [0.15, 0.2) is 21.3 Å². The first kappa shape index (κ1) is 13.5. The van der Waals surface area contributed by atoms with Crippen LogP contribution < -0.4 is 5.76 Å². The third-order valence-corrected chi connectivity index (χ3v) is 3.78. The van der Waals surface area contributed by atoms with Crippen molar-refractivity contribution in [2.45, 2.75) is 39.5 Å². The summed E-state index contributed by atoms with van der Waals surface area (Å²) >= 11 is 0. The number of halogens is 1. The molecule has 0 amide bonds. The molecule has 0 aliphatic carbocycles. The van der Waals surface area contributed by atoms with Gasteiger partial charge < -0.3 is 4.42 Å². The summed E-state index contributed by atoms with van der Waals surface area (Å²) in [5.74, 6) is -0.839. The van der Waals surface area contributed by atoms with E-state index in [0.717, 1.165) is 11.1 Å². The number of aryl methyl sites for hydroxylation is 1. The second-order valence-electron chi connectivity index (χ2n) is 4.93. The maximum atomic E-state index is 14.0. The maximum Gasteiger partial charge on any atom is 0.434 e. The fourth-order valence-corrected chi connectivity index (χ4v) is 2.26. The first-order chi connectivity index (χ1) is 8.91. The molecule has 0 fully saturated rings. The van der Waals surface area contributed by atoms with Crippen molar-refractivity contribution in [3.63, 3.8) is 0 Å². The summed E-state index contributed by atoms with van der Waals surface area (Å²) in [6.45, 7) is 7.62. The van der Waals surface area contributed by atoms with Gasteiger partial charge in [-0.15, -0.1) is 5.10 Å². The lowest BCUT2D eigenvalue weighted by Gasteiger charge is -2.21. The van der Waals surface area contributed by atoms with E-state index in [2.05, 4.69) is 10.2 Å². The molecule has 0 radical (unpaired) electrons. The Morgan fingerprint density at radius 2 is 1.95 bits per heavy atom. The number of H-pyrrole nitrogens is 1. The van der Waals surface area contributed by atoms with Crippen LogP contribution in [0.25, 0.3) is 0 Å². The zero-order chi connectivity index (χ0) is 14.2. The van der Waals surface area contributed by atoms with Crippen LogP contribution in [0.4, 0.5) is 4.39 Å². The summed E-state index contributed by atoms with van der Waals surface area (Å²) < 4.78 is 19.0. The van der Waals surface area contributed by atoms with Crippen LogP contribution in [0, 0.1) is 19.7 Å². The van der Waals surface area contributed by atoms with Crippen LogP contribution in [0.1, 0.15) is 48.3 Å². The van der Waals surface area contributed by atoms with Crippen molar-refractivity contribution in [3.8, 4) is 0 Å². The highest BCUT2D eigenvalue weighted by Gasteiger charge is 2.25. The Labute approximate surface area is 110 Å². The molecular weight excluding hydrogens is 247 g/mol. The van der Waals surface area contributed by atoms with Crippen molar-refractivity contribution >= 4 is 0 Å². The van der Waals surface area contributed by atoms with E-state index in [1.54, 1.807) is 6.07 Å². The summed E-state index contributed by atoms with van der Waals surface area (Å²) in [4.78, 5) is 11.0. The minimum Gasteiger partial charge on any atom is -0.392 e. The molecule has 0 spiro atoms. The van der Waals surface area contributed by atoms with Crippen LogP contribution >= 0.6 is 0 Å². The molecule has 2 aromatic rings. The smallest absolute Gasteiger partial charge is 0.392 e. The van der Waals surface area contributed by atoms with E-state index in [-0.39, 0.29) is 17.7 Å². The molecule has 102 valence electrons. The van der Waals surface area contributed by atoms with Gasteiger partial charge in [-0.25, -0.2) is 14.3 Å². The number of nitrogens with zero attached hydrogens (tertiary/aromatic N) is 1. The summed E-state index contributed by atoms with van der Waals surface area (Å²) in [6, 6.07) is 3.24. The van der Waals surface area contributed by atoms with Crippen molar-refractivity contribution < 1.29 is 8.81 Å². The average molecular weight is 264 g/mol.